The Balaban J connectivity index is 1.89. The van der Waals surface area contributed by atoms with Crippen molar-refractivity contribution in [2.45, 2.75) is 63.4 Å². The van der Waals surface area contributed by atoms with Crippen LogP contribution in [0.5, 0.6) is 0 Å². The minimum atomic E-state index is -0.977. The Morgan fingerprint density at radius 2 is 1.78 bits per heavy atom. The molecule has 0 aromatic heterocycles. The zero-order valence-electron chi connectivity index (χ0n) is 11.1. The molecule has 0 aromatic carbocycles. The molecule has 3 saturated heterocycles. The van der Waals surface area contributed by atoms with Crippen LogP contribution in [-0.2, 0) is 23.7 Å². The Kier molecular flexibility index (Phi) is 2.59. The van der Waals surface area contributed by atoms with Gasteiger partial charge in [-0.3, -0.25) is 0 Å². The molecule has 0 bridgehead atoms. The van der Waals surface area contributed by atoms with Gasteiger partial charge in [0.25, 0.3) is 0 Å². The van der Waals surface area contributed by atoms with Gasteiger partial charge in [0.15, 0.2) is 11.6 Å². The van der Waals surface area contributed by atoms with E-state index in [1.807, 2.05) is 27.7 Å². The van der Waals surface area contributed by atoms with Crippen LogP contribution in [0.4, 0.5) is 0 Å². The van der Waals surface area contributed by atoms with Crippen LogP contribution in [0.2, 0.25) is 0 Å². The predicted molar refractivity (Wildman–Crippen MR) is 59.6 cm³/mol. The van der Waals surface area contributed by atoms with Gasteiger partial charge in [0.1, 0.15) is 24.9 Å². The number of aliphatic hydroxyl groups is 1. The maximum absolute atomic E-state index is 9.40. The molecule has 18 heavy (non-hydrogen) atoms. The highest BCUT2D eigenvalue weighted by Gasteiger charge is 2.67. The van der Waals surface area contributed by atoms with Crippen LogP contribution in [0.3, 0.4) is 0 Å². The summed E-state index contributed by atoms with van der Waals surface area (Å²) in [6, 6.07) is 0. The van der Waals surface area contributed by atoms with Crippen LogP contribution < -0.4 is 0 Å². The molecule has 0 amide bonds. The highest BCUT2D eigenvalue weighted by molar-refractivity contribution is 5.05. The Morgan fingerprint density at radius 1 is 1.06 bits per heavy atom. The second-order valence-corrected chi connectivity index (χ2v) is 5.96. The zero-order chi connectivity index (χ0) is 13.2. The maximum atomic E-state index is 9.40. The molecule has 3 rings (SSSR count). The van der Waals surface area contributed by atoms with E-state index in [0.29, 0.717) is 0 Å². The largest absolute Gasteiger partial charge is 0.394 e. The molecule has 3 aliphatic heterocycles. The molecule has 0 radical (unpaired) electrons. The van der Waals surface area contributed by atoms with E-state index in [1.54, 1.807) is 0 Å². The first-order chi connectivity index (χ1) is 8.27. The fourth-order valence-electron chi connectivity index (χ4n) is 2.88. The van der Waals surface area contributed by atoms with Gasteiger partial charge >= 0.3 is 0 Å². The molecule has 3 heterocycles. The molecule has 0 aromatic rings. The summed E-state index contributed by atoms with van der Waals surface area (Å²) in [7, 11) is 0. The average Bonchev–Trinajstić information content (AvgIpc) is 2.81. The normalized spacial score (nSPS) is 48.8. The third kappa shape index (κ3) is 1.79. The van der Waals surface area contributed by atoms with E-state index in [4.69, 9.17) is 23.7 Å². The van der Waals surface area contributed by atoms with E-state index in [1.165, 1.54) is 0 Å². The number of aliphatic hydroxyl groups excluding tert-OH is 1. The lowest BCUT2D eigenvalue weighted by atomic mass is 10.1. The van der Waals surface area contributed by atoms with Crippen LogP contribution >= 0.6 is 0 Å². The van der Waals surface area contributed by atoms with Gasteiger partial charge in [0, 0.05) is 0 Å². The van der Waals surface area contributed by atoms with E-state index < -0.39 is 23.5 Å². The maximum Gasteiger partial charge on any atom is 0.224 e. The van der Waals surface area contributed by atoms with Crippen LogP contribution in [0.25, 0.3) is 0 Å². The number of hydrogen-bond acceptors (Lipinski definition) is 6. The Labute approximate surface area is 106 Å². The number of hydrogen-bond donors (Lipinski definition) is 1. The highest BCUT2D eigenvalue weighted by Crippen LogP contribution is 2.49. The van der Waals surface area contributed by atoms with E-state index in [0.717, 1.165) is 0 Å². The highest BCUT2D eigenvalue weighted by atomic mass is 16.9. The smallest absolute Gasteiger partial charge is 0.224 e. The van der Waals surface area contributed by atoms with Crippen molar-refractivity contribution in [1.82, 2.24) is 0 Å². The quantitative estimate of drug-likeness (QED) is 0.735. The molecule has 0 saturated carbocycles. The summed E-state index contributed by atoms with van der Waals surface area (Å²) < 4.78 is 28.9. The van der Waals surface area contributed by atoms with E-state index in [9.17, 15) is 5.11 Å². The van der Waals surface area contributed by atoms with Gasteiger partial charge in [-0.05, 0) is 27.7 Å². The van der Waals surface area contributed by atoms with Crippen molar-refractivity contribution in [3.63, 3.8) is 0 Å². The first-order valence-corrected chi connectivity index (χ1v) is 6.25. The van der Waals surface area contributed by atoms with E-state index in [-0.39, 0.29) is 25.4 Å². The summed E-state index contributed by atoms with van der Waals surface area (Å²) in [6.07, 6.45) is -1.16. The number of fused-ring (bicyclic) bond motifs is 2. The first kappa shape index (κ1) is 12.8. The van der Waals surface area contributed by atoms with Crippen molar-refractivity contribution in [1.29, 1.82) is 0 Å². The van der Waals surface area contributed by atoms with Gasteiger partial charge in [0.2, 0.25) is 5.79 Å². The molecular weight excluding hydrogens is 240 g/mol. The van der Waals surface area contributed by atoms with Gasteiger partial charge in [-0.15, -0.1) is 0 Å². The summed E-state index contributed by atoms with van der Waals surface area (Å²) in [5, 5.41) is 9.40. The van der Waals surface area contributed by atoms with E-state index >= 15 is 0 Å². The molecule has 6 nitrogen and oxygen atoms in total. The molecule has 3 fully saturated rings. The minimum Gasteiger partial charge on any atom is -0.394 e. The lowest BCUT2D eigenvalue weighted by Crippen LogP contribution is -2.46. The molecular formula is C12H20O6. The van der Waals surface area contributed by atoms with Gasteiger partial charge in [-0.2, -0.15) is 0 Å². The molecule has 4 atom stereocenters. The second kappa shape index (κ2) is 3.65. The minimum absolute atomic E-state index is 0.133. The topological polar surface area (TPSA) is 66.4 Å². The van der Waals surface area contributed by atoms with Gasteiger partial charge in [-0.1, -0.05) is 0 Å². The van der Waals surface area contributed by atoms with E-state index in [2.05, 4.69) is 0 Å². The fraction of sp³-hybridized carbons (Fsp3) is 1.00. The molecule has 3 aliphatic rings. The van der Waals surface area contributed by atoms with Crippen molar-refractivity contribution in [2.24, 2.45) is 0 Å². The first-order valence-electron chi connectivity index (χ1n) is 6.25. The summed E-state index contributed by atoms with van der Waals surface area (Å²) in [5.74, 6) is -2.39. The summed E-state index contributed by atoms with van der Waals surface area (Å²) in [4.78, 5) is 0. The molecule has 104 valence electrons. The Bertz CT molecular complexity index is 354. The van der Waals surface area contributed by atoms with Gasteiger partial charge in [-0.25, -0.2) is 0 Å². The summed E-state index contributed by atoms with van der Waals surface area (Å²) in [6.45, 7) is 7.48. The van der Waals surface area contributed by atoms with Crippen LogP contribution in [0.15, 0.2) is 0 Å². The van der Waals surface area contributed by atoms with Crippen molar-refractivity contribution in [3.8, 4) is 0 Å². The lowest BCUT2D eigenvalue weighted by Gasteiger charge is -2.30. The van der Waals surface area contributed by atoms with Crippen molar-refractivity contribution in [3.05, 3.63) is 0 Å². The fourth-order valence-corrected chi connectivity index (χ4v) is 2.88. The monoisotopic (exact) mass is 260 g/mol. The van der Waals surface area contributed by atoms with Crippen molar-refractivity contribution < 1.29 is 28.8 Å². The number of ether oxygens (including phenoxy) is 5. The molecule has 1 N–H and O–H groups in total. The van der Waals surface area contributed by atoms with Crippen LogP contribution in [0, 0.1) is 0 Å². The average molecular weight is 260 g/mol. The molecule has 1 unspecified atom stereocenters. The summed E-state index contributed by atoms with van der Waals surface area (Å²) in [5.41, 5.74) is 0. The lowest BCUT2D eigenvalue weighted by molar-refractivity contribution is -0.298. The standard InChI is InChI=1S/C12H20O6/c1-10(2)14-6-12(18-10)9-8(7(5-13)15-12)16-11(3,4)17-9/h7-9,13H,5-6H2,1-4H3/t7-,8-,9-,12?/m1/s1. The van der Waals surface area contributed by atoms with Gasteiger partial charge in [0.05, 0.1) is 6.61 Å². The van der Waals surface area contributed by atoms with Crippen molar-refractivity contribution >= 4 is 0 Å². The summed E-state index contributed by atoms with van der Waals surface area (Å²) >= 11 is 0. The van der Waals surface area contributed by atoms with Gasteiger partial charge < -0.3 is 28.8 Å². The molecule has 1 spiro atoms. The Hall–Kier alpha value is -0.240. The Morgan fingerprint density at radius 3 is 2.33 bits per heavy atom. The molecule has 0 aliphatic carbocycles. The second-order valence-electron chi connectivity index (χ2n) is 5.96. The van der Waals surface area contributed by atoms with Crippen LogP contribution in [-0.4, -0.2) is 54.0 Å². The van der Waals surface area contributed by atoms with Crippen molar-refractivity contribution in [2.75, 3.05) is 13.2 Å². The van der Waals surface area contributed by atoms with Crippen LogP contribution in [0.1, 0.15) is 27.7 Å². The predicted octanol–water partition coefficient (Wildman–Crippen LogP) is 0.377. The number of rotatable bonds is 1. The zero-order valence-corrected chi connectivity index (χ0v) is 11.1. The third-order valence-corrected chi connectivity index (χ3v) is 3.50. The molecule has 6 heteroatoms. The SMILES string of the molecule is CC1(C)O[C@H]2[C@@H](O1)C1(COC(C)(C)O1)O[C@@H]2CO. The third-order valence-electron chi connectivity index (χ3n) is 3.50.